The van der Waals surface area contributed by atoms with Crippen molar-refractivity contribution in [2.45, 2.75) is 290 Å². The van der Waals surface area contributed by atoms with E-state index in [9.17, 15) is 14.4 Å². The van der Waals surface area contributed by atoms with Gasteiger partial charge in [0.15, 0.2) is 6.10 Å². The normalized spacial score (nSPS) is 12.7. The lowest BCUT2D eigenvalue weighted by Gasteiger charge is -2.18. The van der Waals surface area contributed by atoms with Crippen LogP contribution in [0.4, 0.5) is 0 Å². The zero-order valence-electron chi connectivity index (χ0n) is 46.0. The Morgan fingerprint density at radius 3 is 0.914 bits per heavy atom. The van der Waals surface area contributed by atoms with Crippen molar-refractivity contribution in [3.63, 3.8) is 0 Å². The van der Waals surface area contributed by atoms with E-state index in [1.54, 1.807) is 0 Å². The van der Waals surface area contributed by atoms with E-state index >= 15 is 0 Å². The van der Waals surface area contributed by atoms with E-state index in [0.717, 1.165) is 116 Å². The van der Waals surface area contributed by atoms with Crippen molar-refractivity contribution in [2.75, 3.05) is 13.2 Å². The van der Waals surface area contributed by atoms with Gasteiger partial charge in [-0.25, -0.2) is 0 Å². The Bertz CT molecular complexity index is 1350. The molecular formula is C64H110O6. The Kier molecular flexibility index (Phi) is 55.3. The molecule has 0 spiro atoms. The van der Waals surface area contributed by atoms with Gasteiger partial charge in [0, 0.05) is 19.3 Å². The number of carbonyl (C=O) groups excluding carboxylic acids is 3. The zero-order valence-corrected chi connectivity index (χ0v) is 46.0. The summed E-state index contributed by atoms with van der Waals surface area (Å²) in [5.74, 6) is -0.894. The third-order valence-corrected chi connectivity index (χ3v) is 12.6. The van der Waals surface area contributed by atoms with Crippen LogP contribution in [-0.4, -0.2) is 37.2 Å². The summed E-state index contributed by atoms with van der Waals surface area (Å²) in [6.07, 6.45) is 76.1. The monoisotopic (exact) mass is 975 g/mol. The van der Waals surface area contributed by atoms with Crippen molar-refractivity contribution in [3.8, 4) is 0 Å². The van der Waals surface area contributed by atoms with Gasteiger partial charge in [-0.1, -0.05) is 260 Å². The number of hydrogen-bond donors (Lipinski definition) is 0. The summed E-state index contributed by atoms with van der Waals surface area (Å²) in [6.45, 7) is 6.44. The van der Waals surface area contributed by atoms with Crippen LogP contribution in [0.5, 0.6) is 0 Å². The maximum atomic E-state index is 12.8. The van der Waals surface area contributed by atoms with E-state index in [0.29, 0.717) is 19.3 Å². The van der Waals surface area contributed by atoms with Gasteiger partial charge in [0.25, 0.3) is 0 Å². The molecule has 0 N–H and O–H groups in total. The molecule has 0 amide bonds. The van der Waals surface area contributed by atoms with Crippen LogP contribution in [0.15, 0.2) is 85.1 Å². The highest BCUT2D eigenvalue weighted by Crippen LogP contribution is 2.16. The number of esters is 3. The summed E-state index contributed by atoms with van der Waals surface area (Å²) in [6, 6.07) is 0. The molecule has 0 fully saturated rings. The van der Waals surface area contributed by atoms with Gasteiger partial charge in [0.1, 0.15) is 13.2 Å². The molecule has 70 heavy (non-hydrogen) atoms. The van der Waals surface area contributed by atoms with Crippen LogP contribution in [0.2, 0.25) is 0 Å². The molecule has 0 radical (unpaired) electrons. The maximum Gasteiger partial charge on any atom is 0.306 e. The van der Waals surface area contributed by atoms with Crippen LogP contribution in [0.3, 0.4) is 0 Å². The van der Waals surface area contributed by atoms with E-state index in [1.807, 2.05) is 0 Å². The fourth-order valence-corrected chi connectivity index (χ4v) is 8.19. The fourth-order valence-electron chi connectivity index (χ4n) is 8.19. The molecule has 6 heteroatoms. The average molecular weight is 976 g/mol. The van der Waals surface area contributed by atoms with Gasteiger partial charge in [0.05, 0.1) is 0 Å². The molecule has 0 aliphatic heterocycles. The molecule has 0 aliphatic carbocycles. The van der Waals surface area contributed by atoms with Gasteiger partial charge in [-0.15, -0.1) is 0 Å². The first-order valence-electron chi connectivity index (χ1n) is 29.6. The van der Waals surface area contributed by atoms with Gasteiger partial charge in [-0.05, 0) is 89.9 Å². The molecule has 0 aromatic rings. The highest BCUT2D eigenvalue weighted by Gasteiger charge is 2.19. The molecule has 0 aliphatic rings. The first-order valence-corrected chi connectivity index (χ1v) is 29.6. The summed E-state index contributed by atoms with van der Waals surface area (Å²) in [5.41, 5.74) is 0. The van der Waals surface area contributed by atoms with Crippen LogP contribution >= 0.6 is 0 Å². The zero-order chi connectivity index (χ0) is 50.7. The second-order valence-corrected chi connectivity index (χ2v) is 19.5. The molecule has 0 rings (SSSR count). The second kappa shape index (κ2) is 58.2. The van der Waals surface area contributed by atoms with E-state index in [-0.39, 0.29) is 31.1 Å². The van der Waals surface area contributed by atoms with Gasteiger partial charge < -0.3 is 14.2 Å². The van der Waals surface area contributed by atoms with Crippen molar-refractivity contribution in [1.82, 2.24) is 0 Å². The van der Waals surface area contributed by atoms with Gasteiger partial charge in [-0.3, -0.25) is 14.4 Å². The number of hydrogen-bond acceptors (Lipinski definition) is 6. The Morgan fingerprint density at radius 2 is 0.571 bits per heavy atom. The predicted octanol–water partition coefficient (Wildman–Crippen LogP) is 19.9. The molecule has 1 atom stereocenters. The molecule has 0 bridgehead atoms. The number of allylic oxidation sites excluding steroid dienone is 14. The molecule has 6 nitrogen and oxygen atoms in total. The average Bonchev–Trinajstić information content (AvgIpc) is 3.36. The standard InChI is InChI=1S/C64H110O6/c1-4-7-10-13-16-18-20-22-24-25-26-27-28-29-30-31-32-33-34-35-36-37-38-39-40-42-43-45-48-51-54-57-63(66)69-60-61(59-68-62(65)56-53-50-47-15-12-9-6-3)70-64(67)58-55-52-49-46-44-41-23-21-19-17-14-11-8-5-2/h7,10,14,16-18,21-24,26-27,29-30,61H,4-6,8-9,11-13,15,19-20,25,28,31-60H2,1-3H3/b10-7-,17-14-,18-16-,23-21-,24-22-,27-26-,30-29-. The largest absolute Gasteiger partial charge is 0.462 e. The Morgan fingerprint density at radius 1 is 0.300 bits per heavy atom. The number of carbonyl (C=O) groups is 3. The summed E-state index contributed by atoms with van der Waals surface area (Å²) in [7, 11) is 0. The summed E-state index contributed by atoms with van der Waals surface area (Å²) >= 11 is 0. The van der Waals surface area contributed by atoms with Gasteiger partial charge in [0.2, 0.25) is 0 Å². The van der Waals surface area contributed by atoms with Gasteiger partial charge in [-0.2, -0.15) is 0 Å². The first-order chi connectivity index (χ1) is 34.5. The van der Waals surface area contributed by atoms with Crippen LogP contribution in [0.1, 0.15) is 284 Å². The first kappa shape index (κ1) is 66.6. The molecule has 0 aromatic carbocycles. The van der Waals surface area contributed by atoms with Crippen molar-refractivity contribution in [1.29, 1.82) is 0 Å². The van der Waals surface area contributed by atoms with Crippen molar-refractivity contribution < 1.29 is 28.6 Å². The van der Waals surface area contributed by atoms with Crippen LogP contribution in [-0.2, 0) is 28.6 Å². The Balaban J connectivity index is 4.05. The highest BCUT2D eigenvalue weighted by molar-refractivity contribution is 5.71. The SMILES string of the molecule is CC/C=C\C/C=C\C/C=C\C/C=C\C/C=C\CCCCCCCCCCCCCCCCCC(=O)OCC(COC(=O)CCCCCCCCC)OC(=O)CCCCCCC/C=C\C/C=C\CCCC. The topological polar surface area (TPSA) is 78.9 Å². The van der Waals surface area contributed by atoms with Crippen LogP contribution in [0.25, 0.3) is 0 Å². The number of rotatable bonds is 53. The van der Waals surface area contributed by atoms with Crippen LogP contribution in [0, 0.1) is 0 Å². The second-order valence-electron chi connectivity index (χ2n) is 19.5. The smallest absolute Gasteiger partial charge is 0.306 e. The molecule has 0 heterocycles. The van der Waals surface area contributed by atoms with Crippen molar-refractivity contribution in [3.05, 3.63) is 85.1 Å². The Hall–Kier alpha value is -3.41. The molecule has 0 saturated heterocycles. The lowest BCUT2D eigenvalue weighted by Crippen LogP contribution is -2.30. The number of ether oxygens (including phenoxy) is 3. The van der Waals surface area contributed by atoms with Gasteiger partial charge >= 0.3 is 17.9 Å². The predicted molar refractivity (Wildman–Crippen MR) is 302 cm³/mol. The third-order valence-electron chi connectivity index (χ3n) is 12.6. The minimum Gasteiger partial charge on any atom is -0.462 e. The quantitative estimate of drug-likeness (QED) is 0.0261. The highest BCUT2D eigenvalue weighted by atomic mass is 16.6. The summed E-state index contributed by atoms with van der Waals surface area (Å²) in [5, 5.41) is 0. The summed E-state index contributed by atoms with van der Waals surface area (Å²) in [4.78, 5) is 37.9. The van der Waals surface area contributed by atoms with Crippen LogP contribution < -0.4 is 0 Å². The maximum absolute atomic E-state index is 12.8. The molecule has 1 unspecified atom stereocenters. The molecule has 0 aromatic heterocycles. The van der Waals surface area contributed by atoms with E-state index in [4.69, 9.17) is 14.2 Å². The molecule has 0 saturated carbocycles. The van der Waals surface area contributed by atoms with E-state index < -0.39 is 6.10 Å². The fraction of sp³-hybridized carbons (Fsp3) is 0.734. The van der Waals surface area contributed by atoms with Crippen molar-refractivity contribution >= 4 is 17.9 Å². The minimum absolute atomic E-state index is 0.0795. The molecular weight excluding hydrogens is 865 g/mol. The van der Waals surface area contributed by atoms with E-state index in [1.165, 1.54) is 128 Å². The van der Waals surface area contributed by atoms with E-state index in [2.05, 4.69) is 106 Å². The summed E-state index contributed by atoms with van der Waals surface area (Å²) < 4.78 is 16.8. The molecule has 402 valence electrons. The lowest BCUT2D eigenvalue weighted by atomic mass is 10.0. The lowest BCUT2D eigenvalue weighted by molar-refractivity contribution is -0.167. The number of unbranched alkanes of at least 4 members (excludes halogenated alkanes) is 28. The van der Waals surface area contributed by atoms with Crippen molar-refractivity contribution in [2.24, 2.45) is 0 Å². The Labute approximate surface area is 433 Å². The minimum atomic E-state index is -0.779. The third kappa shape index (κ3) is 55.5.